The van der Waals surface area contributed by atoms with E-state index in [4.69, 9.17) is 20.4 Å². The highest BCUT2D eigenvalue weighted by molar-refractivity contribution is 5.94. The molecule has 0 atom stereocenters. The van der Waals surface area contributed by atoms with Gasteiger partial charge in [0.15, 0.2) is 6.29 Å². The van der Waals surface area contributed by atoms with Gasteiger partial charge in [-0.3, -0.25) is 0 Å². The normalized spacial score (nSPS) is 10.3. The fraction of sp³-hybridized carbons (Fsp3) is 0.111. The second kappa shape index (κ2) is 4.07. The minimum Gasteiger partial charge on any atom is -0.478 e. The van der Waals surface area contributed by atoms with Crippen LogP contribution in [-0.4, -0.2) is 32.4 Å². The van der Waals surface area contributed by atoms with Crippen molar-refractivity contribution in [2.24, 2.45) is 0 Å². The smallest absolute Gasteiger partial charge is 0.336 e. The first kappa shape index (κ1) is 11.2. The highest BCUT2D eigenvalue weighted by Crippen LogP contribution is 2.18. The Labute approximate surface area is 84.0 Å². The zero-order valence-electron chi connectivity index (χ0n) is 7.41. The molecule has 1 aromatic rings. The number of carboxylic acids is 2. The highest BCUT2D eigenvalue weighted by Gasteiger charge is 2.17. The molecular formula is C9H8O6. The van der Waals surface area contributed by atoms with Crippen molar-refractivity contribution in [1.82, 2.24) is 0 Å². The van der Waals surface area contributed by atoms with Crippen LogP contribution in [0.15, 0.2) is 18.2 Å². The molecule has 0 aromatic heterocycles. The van der Waals surface area contributed by atoms with Crippen molar-refractivity contribution < 1.29 is 30.0 Å². The SMILES string of the molecule is O=C(O)c1ccc(C(O)O)c(C(=O)O)c1. The Morgan fingerprint density at radius 2 is 1.67 bits per heavy atom. The first-order valence-corrected chi connectivity index (χ1v) is 3.90. The van der Waals surface area contributed by atoms with Crippen LogP contribution in [0.25, 0.3) is 0 Å². The van der Waals surface area contributed by atoms with E-state index in [1.165, 1.54) is 0 Å². The molecular weight excluding hydrogens is 204 g/mol. The Hall–Kier alpha value is -1.92. The average Bonchev–Trinajstić information content (AvgIpc) is 2.16. The van der Waals surface area contributed by atoms with Crippen molar-refractivity contribution in [3.05, 3.63) is 34.9 Å². The Bertz CT molecular complexity index is 409. The van der Waals surface area contributed by atoms with Gasteiger partial charge in [-0.2, -0.15) is 0 Å². The van der Waals surface area contributed by atoms with Gasteiger partial charge in [-0.15, -0.1) is 0 Å². The summed E-state index contributed by atoms with van der Waals surface area (Å²) in [7, 11) is 0. The molecule has 1 aromatic carbocycles. The monoisotopic (exact) mass is 212 g/mol. The highest BCUT2D eigenvalue weighted by atomic mass is 16.5. The van der Waals surface area contributed by atoms with E-state index < -0.39 is 23.8 Å². The largest absolute Gasteiger partial charge is 0.478 e. The van der Waals surface area contributed by atoms with Crippen LogP contribution >= 0.6 is 0 Å². The number of hydrogen-bond acceptors (Lipinski definition) is 4. The molecule has 4 N–H and O–H groups in total. The van der Waals surface area contributed by atoms with Crippen molar-refractivity contribution in [2.75, 3.05) is 0 Å². The van der Waals surface area contributed by atoms with Gasteiger partial charge in [-0.1, -0.05) is 6.07 Å². The van der Waals surface area contributed by atoms with E-state index in [9.17, 15) is 9.59 Å². The lowest BCUT2D eigenvalue weighted by molar-refractivity contribution is -0.0433. The lowest BCUT2D eigenvalue weighted by Crippen LogP contribution is -2.09. The van der Waals surface area contributed by atoms with Crippen molar-refractivity contribution in [2.45, 2.75) is 6.29 Å². The van der Waals surface area contributed by atoms with Crippen LogP contribution in [0.3, 0.4) is 0 Å². The van der Waals surface area contributed by atoms with Crippen molar-refractivity contribution >= 4 is 11.9 Å². The molecule has 0 fully saturated rings. The maximum absolute atomic E-state index is 10.7. The Morgan fingerprint density at radius 3 is 2.07 bits per heavy atom. The molecule has 0 spiro atoms. The topological polar surface area (TPSA) is 115 Å². The molecule has 15 heavy (non-hydrogen) atoms. The Kier molecular flexibility index (Phi) is 3.03. The third-order valence-corrected chi connectivity index (χ3v) is 1.81. The summed E-state index contributed by atoms with van der Waals surface area (Å²) in [5.41, 5.74) is -0.908. The van der Waals surface area contributed by atoms with Crippen LogP contribution in [0.2, 0.25) is 0 Å². The Balaban J connectivity index is 3.33. The summed E-state index contributed by atoms with van der Waals surface area (Å²) < 4.78 is 0. The van der Waals surface area contributed by atoms with E-state index in [1.807, 2.05) is 0 Å². The zero-order valence-corrected chi connectivity index (χ0v) is 7.41. The van der Waals surface area contributed by atoms with E-state index in [2.05, 4.69) is 0 Å². The molecule has 0 unspecified atom stereocenters. The molecule has 0 bridgehead atoms. The van der Waals surface area contributed by atoms with Crippen molar-refractivity contribution in [1.29, 1.82) is 0 Å². The van der Waals surface area contributed by atoms with Crippen LogP contribution in [0.1, 0.15) is 32.6 Å². The van der Waals surface area contributed by atoms with Gasteiger partial charge >= 0.3 is 11.9 Å². The van der Waals surface area contributed by atoms with E-state index >= 15 is 0 Å². The van der Waals surface area contributed by atoms with Gasteiger partial charge in [0.05, 0.1) is 11.1 Å². The van der Waals surface area contributed by atoms with Gasteiger partial charge in [0.1, 0.15) is 0 Å². The minimum atomic E-state index is -1.95. The summed E-state index contributed by atoms with van der Waals surface area (Å²) in [6.45, 7) is 0. The van der Waals surface area contributed by atoms with Gasteiger partial charge < -0.3 is 20.4 Å². The fourth-order valence-electron chi connectivity index (χ4n) is 1.10. The average molecular weight is 212 g/mol. The van der Waals surface area contributed by atoms with Crippen molar-refractivity contribution in [3.8, 4) is 0 Å². The van der Waals surface area contributed by atoms with E-state index in [-0.39, 0.29) is 11.1 Å². The molecule has 0 saturated heterocycles. The summed E-state index contributed by atoms with van der Waals surface area (Å²) in [6, 6.07) is 3.03. The third kappa shape index (κ3) is 2.30. The minimum absolute atomic E-state index is 0.225. The van der Waals surface area contributed by atoms with Gasteiger partial charge in [0.25, 0.3) is 0 Å². The molecule has 6 heteroatoms. The van der Waals surface area contributed by atoms with Gasteiger partial charge in [-0.25, -0.2) is 9.59 Å². The number of hydrogen-bond donors (Lipinski definition) is 4. The molecule has 0 radical (unpaired) electrons. The van der Waals surface area contributed by atoms with E-state index in [0.29, 0.717) is 0 Å². The molecule has 80 valence electrons. The molecule has 0 saturated carbocycles. The number of benzene rings is 1. The second-order valence-corrected chi connectivity index (χ2v) is 2.79. The van der Waals surface area contributed by atoms with E-state index in [0.717, 1.165) is 18.2 Å². The predicted octanol–water partition coefficient (Wildman–Crippen LogP) is 0.0662. The summed E-state index contributed by atoms with van der Waals surface area (Å²) in [5, 5.41) is 35.0. The van der Waals surface area contributed by atoms with Gasteiger partial charge in [0, 0.05) is 5.56 Å². The van der Waals surface area contributed by atoms with Crippen molar-refractivity contribution in [3.63, 3.8) is 0 Å². The summed E-state index contributed by atoms with van der Waals surface area (Å²) in [4.78, 5) is 21.2. The quantitative estimate of drug-likeness (QED) is 0.527. The number of carboxylic acid groups (broad SMARTS) is 2. The number of aliphatic hydroxyl groups is 2. The van der Waals surface area contributed by atoms with Gasteiger partial charge in [-0.05, 0) is 12.1 Å². The molecule has 0 aliphatic carbocycles. The van der Waals surface area contributed by atoms with Crippen LogP contribution in [0.4, 0.5) is 0 Å². The molecule has 1 rings (SSSR count). The van der Waals surface area contributed by atoms with Crippen LogP contribution in [-0.2, 0) is 0 Å². The van der Waals surface area contributed by atoms with Gasteiger partial charge in [0.2, 0.25) is 0 Å². The standard InChI is InChI=1S/C9H8O6/c10-7(11)4-1-2-5(8(12)13)6(3-4)9(14)15/h1-3,8,12-13H,(H,10,11)(H,14,15). The number of carbonyl (C=O) groups is 2. The maximum Gasteiger partial charge on any atom is 0.336 e. The number of rotatable bonds is 3. The molecule has 0 aliphatic heterocycles. The fourth-order valence-corrected chi connectivity index (χ4v) is 1.10. The summed E-state index contributed by atoms with van der Waals surface area (Å²) >= 11 is 0. The lowest BCUT2D eigenvalue weighted by atomic mass is 10.0. The predicted molar refractivity (Wildman–Crippen MR) is 47.5 cm³/mol. The molecule has 6 nitrogen and oxygen atoms in total. The van der Waals surface area contributed by atoms with Crippen LogP contribution in [0.5, 0.6) is 0 Å². The Morgan fingerprint density at radius 1 is 1.07 bits per heavy atom. The first-order valence-electron chi connectivity index (χ1n) is 3.90. The van der Waals surface area contributed by atoms with E-state index in [1.54, 1.807) is 0 Å². The first-order chi connectivity index (χ1) is 6.93. The summed E-state index contributed by atoms with van der Waals surface area (Å²) in [5.74, 6) is -2.70. The molecule has 0 amide bonds. The maximum atomic E-state index is 10.7. The number of aromatic carboxylic acids is 2. The molecule has 0 heterocycles. The lowest BCUT2D eigenvalue weighted by Gasteiger charge is -2.08. The van der Waals surface area contributed by atoms with Crippen LogP contribution < -0.4 is 0 Å². The molecule has 0 aliphatic rings. The third-order valence-electron chi connectivity index (χ3n) is 1.81. The second-order valence-electron chi connectivity index (χ2n) is 2.79. The van der Waals surface area contributed by atoms with Crippen LogP contribution in [0, 0.1) is 0 Å². The number of aliphatic hydroxyl groups excluding tert-OH is 1. The zero-order chi connectivity index (χ0) is 11.6. The summed E-state index contributed by atoms with van der Waals surface area (Å²) in [6.07, 6.45) is -1.95.